The molecule has 0 atom stereocenters. The van der Waals surface area contributed by atoms with Crippen LogP contribution in [-0.2, 0) is 11.2 Å². The van der Waals surface area contributed by atoms with Gasteiger partial charge in [0.25, 0.3) is 0 Å². The van der Waals surface area contributed by atoms with E-state index in [1.165, 1.54) is 17.6 Å². The summed E-state index contributed by atoms with van der Waals surface area (Å²) >= 11 is 4.57. The number of hydrazone groups is 1. The zero-order valence-electron chi connectivity index (χ0n) is 11.1. The fourth-order valence-corrected chi connectivity index (χ4v) is 2.75. The zero-order valence-corrected chi connectivity index (χ0v) is 13.5. The van der Waals surface area contributed by atoms with Gasteiger partial charge in [-0.15, -0.1) is 10.2 Å². The van der Waals surface area contributed by atoms with Crippen molar-refractivity contribution in [3.05, 3.63) is 27.2 Å². The number of ether oxygens (including phenoxy) is 2. The summed E-state index contributed by atoms with van der Waals surface area (Å²) in [6.45, 7) is 0.198. The highest BCUT2D eigenvalue weighted by atomic mass is 79.9. The Bertz CT molecular complexity index is 748. The maximum Gasteiger partial charge on any atom is 0.247 e. The van der Waals surface area contributed by atoms with Gasteiger partial charge in [0.2, 0.25) is 17.8 Å². The molecular weight excluding hydrogens is 374 g/mol. The van der Waals surface area contributed by atoms with Crippen LogP contribution in [0.4, 0.5) is 5.13 Å². The Morgan fingerprint density at radius 1 is 1.45 bits per heavy atom. The van der Waals surface area contributed by atoms with Crippen LogP contribution < -0.4 is 20.6 Å². The number of nitrogen functional groups attached to an aromatic ring is 1. The second-order valence-corrected chi connectivity index (χ2v) is 6.18. The van der Waals surface area contributed by atoms with E-state index in [1.807, 2.05) is 0 Å². The third-order valence-corrected chi connectivity index (χ3v) is 4.12. The number of nitrogens with two attached hydrogens (primary N) is 1. The largest absolute Gasteiger partial charge is 0.454 e. The molecule has 0 aliphatic carbocycles. The van der Waals surface area contributed by atoms with Crippen molar-refractivity contribution in [3.63, 3.8) is 0 Å². The second-order valence-electron chi connectivity index (χ2n) is 4.23. The molecule has 0 unspecified atom stereocenters. The Labute approximate surface area is 137 Å². The smallest absolute Gasteiger partial charge is 0.247 e. The Kier molecular flexibility index (Phi) is 4.20. The summed E-state index contributed by atoms with van der Waals surface area (Å²) in [6.07, 6.45) is 1.59. The molecule has 0 saturated heterocycles. The van der Waals surface area contributed by atoms with Crippen LogP contribution in [0.2, 0.25) is 0 Å². The summed E-state index contributed by atoms with van der Waals surface area (Å²) in [7, 11) is 0. The number of nitrogens with one attached hydrogen (secondary N) is 1. The lowest BCUT2D eigenvalue weighted by Crippen LogP contribution is -2.19. The summed E-state index contributed by atoms with van der Waals surface area (Å²) in [5.74, 6) is 1.01. The summed E-state index contributed by atoms with van der Waals surface area (Å²) in [6, 6.07) is 3.56. The number of hydrogen-bond donors (Lipinski definition) is 2. The van der Waals surface area contributed by atoms with Crippen molar-refractivity contribution < 1.29 is 14.3 Å². The van der Waals surface area contributed by atoms with E-state index >= 15 is 0 Å². The van der Waals surface area contributed by atoms with Crippen LogP contribution in [0.5, 0.6) is 11.5 Å². The molecule has 1 aromatic carbocycles. The van der Waals surface area contributed by atoms with E-state index in [0.717, 1.165) is 10.0 Å². The van der Waals surface area contributed by atoms with Crippen molar-refractivity contribution in [2.45, 2.75) is 6.42 Å². The first-order valence-corrected chi connectivity index (χ1v) is 7.71. The van der Waals surface area contributed by atoms with E-state index in [-0.39, 0.29) is 19.1 Å². The molecule has 8 nitrogen and oxygen atoms in total. The molecule has 3 rings (SSSR count). The predicted octanol–water partition coefficient (Wildman–Crippen LogP) is 1.30. The van der Waals surface area contributed by atoms with E-state index in [4.69, 9.17) is 15.2 Å². The maximum atomic E-state index is 11.7. The van der Waals surface area contributed by atoms with E-state index in [2.05, 4.69) is 36.7 Å². The van der Waals surface area contributed by atoms with Crippen molar-refractivity contribution in [1.29, 1.82) is 0 Å². The van der Waals surface area contributed by atoms with Crippen LogP contribution in [0.3, 0.4) is 0 Å². The number of halogens is 1. The Balaban J connectivity index is 1.61. The van der Waals surface area contributed by atoms with Gasteiger partial charge in [0.15, 0.2) is 11.5 Å². The number of carbonyl (C=O) groups excluding carboxylic acids is 1. The summed E-state index contributed by atoms with van der Waals surface area (Å²) in [4.78, 5) is 11.7. The highest BCUT2D eigenvalue weighted by Crippen LogP contribution is 2.36. The molecule has 0 saturated carbocycles. The van der Waals surface area contributed by atoms with E-state index in [0.29, 0.717) is 21.6 Å². The molecule has 1 amide bonds. The number of hydrogen-bond acceptors (Lipinski definition) is 8. The van der Waals surface area contributed by atoms with Crippen LogP contribution >= 0.6 is 27.3 Å². The molecule has 1 aromatic heterocycles. The first-order chi connectivity index (χ1) is 10.6. The zero-order chi connectivity index (χ0) is 15.5. The van der Waals surface area contributed by atoms with Gasteiger partial charge in [-0.25, -0.2) is 5.43 Å². The molecule has 3 N–H and O–H groups in total. The van der Waals surface area contributed by atoms with Gasteiger partial charge in [0, 0.05) is 10.0 Å². The van der Waals surface area contributed by atoms with Crippen molar-refractivity contribution in [1.82, 2.24) is 15.6 Å². The van der Waals surface area contributed by atoms with Gasteiger partial charge in [-0.1, -0.05) is 11.3 Å². The first kappa shape index (κ1) is 14.7. The molecule has 1 aliphatic rings. The SMILES string of the molecule is Nc1nnc(CC(=O)N/N=C/c2cc3c(cc2Br)OCO3)s1. The van der Waals surface area contributed by atoms with Crippen LogP contribution in [-0.4, -0.2) is 29.1 Å². The van der Waals surface area contributed by atoms with Gasteiger partial charge in [-0.2, -0.15) is 5.10 Å². The van der Waals surface area contributed by atoms with Crippen LogP contribution in [0, 0.1) is 0 Å². The molecular formula is C12H10BrN5O3S. The quantitative estimate of drug-likeness (QED) is 0.607. The highest BCUT2D eigenvalue weighted by Gasteiger charge is 2.15. The average molecular weight is 384 g/mol. The monoisotopic (exact) mass is 383 g/mol. The minimum atomic E-state index is -0.302. The lowest BCUT2D eigenvalue weighted by molar-refractivity contribution is -0.120. The topological polar surface area (TPSA) is 112 Å². The third-order valence-electron chi connectivity index (χ3n) is 2.68. The molecule has 114 valence electrons. The second kappa shape index (κ2) is 6.28. The minimum Gasteiger partial charge on any atom is -0.454 e. The molecule has 22 heavy (non-hydrogen) atoms. The van der Waals surface area contributed by atoms with Crippen molar-refractivity contribution in [2.24, 2.45) is 5.10 Å². The Morgan fingerprint density at radius 3 is 2.95 bits per heavy atom. The van der Waals surface area contributed by atoms with Gasteiger partial charge in [0.05, 0.1) is 12.6 Å². The molecule has 2 heterocycles. The lowest BCUT2D eigenvalue weighted by atomic mass is 10.2. The van der Waals surface area contributed by atoms with E-state index in [9.17, 15) is 4.79 Å². The Morgan fingerprint density at radius 2 is 2.23 bits per heavy atom. The first-order valence-electron chi connectivity index (χ1n) is 6.11. The molecule has 1 aliphatic heterocycles. The van der Waals surface area contributed by atoms with Gasteiger partial charge in [0.1, 0.15) is 5.01 Å². The van der Waals surface area contributed by atoms with Gasteiger partial charge in [-0.05, 0) is 28.1 Å². The van der Waals surface area contributed by atoms with Crippen molar-refractivity contribution >= 4 is 44.5 Å². The van der Waals surface area contributed by atoms with Crippen LogP contribution in [0.15, 0.2) is 21.7 Å². The number of amides is 1. The molecule has 0 bridgehead atoms. The number of aromatic nitrogens is 2. The highest BCUT2D eigenvalue weighted by molar-refractivity contribution is 9.10. The van der Waals surface area contributed by atoms with Crippen LogP contribution in [0.1, 0.15) is 10.6 Å². The van der Waals surface area contributed by atoms with Crippen LogP contribution in [0.25, 0.3) is 0 Å². The standard InChI is InChI=1S/C12H10BrN5O3S/c13-7-2-9-8(20-5-21-9)1-6(7)4-15-16-10(19)3-11-17-18-12(14)22-11/h1-2,4H,3,5H2,(H2,14,18)(H,16,19)/b15-4+. The molecule has 2 aromatic rings. The van der Waals surface area contributed by atoms with Crippen molar-refractivity contribution in [3.8, 4) is 11.5 Å². The average Bonchev–Trinajstić information content (AvgIpc) is 3.07. The number of anilines is 1. The number of rotatable bonds is 4. The molecule has 10 heteroatoms. The molecule has 0 spiro atoms. The van der Waals surface area contributed by atoms with E-state index < -0.39 is 0 Å². The number of fused-ring (bicyclic) bond motifs is 1. The fourth-order valence-electron chi connectivity index (χ4n) is 1.72. The molecule has 0 fully saturated rings. The summed E-state index contributed by atoms with van der Waals surface area (Å²) < 4.78 is 11.3. The molecule has 0 radical (unpaired) electrons. The van der Waals surface area contributed by atoms with E-state index in [1.54, 1.807) is 12.1 Å². The van der Waals surface area contributed by atoms with Crippen molar-refractivity contribution in [2.75, 3.05) is 12.5 Å². The normalized spacial score (nSPS) is 12.8. The van der Waals surface area contributed by atoms with Gasteiger partial charge >= 0.3 is 0 Å². The number of benzene rings is 1. The predicted molar refractivity (Wildman–Crippen MR) is 84.0 cm³/mol. The Hall–Kier alpha value is -2.20. The maximum absolute atomic E-state index is 11.7. The summed E-state index contributed by atoms with van der Waals surface area (Å²) in [5.41, 5.74) is 8.62. The fraction of sp³-hybridized carbons (Fsp3) is 0.167. The number of carbonyl (C=O) groups is 1. The third kappa shape index (κ3) is 3.34. The van der Waals surface area contributed by atoms with Gasteiger partial charge < -0.3 is 15.2 Å². The van der Waals surface area contributed by atoms with Gasteiger partial charge in [-0.3, -0.25) is 4.79 Å². The number of nitrogens with zero attached hydrogens (tertiary/aromatic N) is 3. The summed E-state index contributed by atoms with van der Waals surface area (Å²) in [5, 5.41) is 12.2. The lowest BCUT2D eigenvalue weighted by Gasteiger charge is -2.01. The minimum absolute atomic E-state index is 0.0779.